The highest BCUT2D eigenvalue weighted by atomic mass is 16.5. The minimum Gasteiger partial charge on any atom is -0.469 e. The molecular weight excluding hydrogens is 212 g/mol. The van der Waals surface area contributed by atoms with Crippen LogP contribution in [-0.2, 0) is 20.9 Å². The molecule has 1 aromatic rings. The van der Waals surface area contributed by atoms with Gasteiger partial charge in [0, 0.05) is 19.2 Å². The molecule has 0 aliphatic rings. The Kier molecular flexibility index (Phi) is 4.97. The van der Waals surface area contributed by atoms with Crippen molar-refractivity contribution in [2.24, 2.45) is 0 Å². The molecular formula is C9H14N4O3. The number of nitrogens with one attached hydrogen (secondary N) is 1. The van der Waals surface area contributed by atoms with Gasteiger partial charge in [-0.05, 0) is 0 Å². The van der Waals surface area contributed by atoms with Crippen molar-refractivity contribution >= 4 is 11.9 Å². The number of carbonyl (C=O) groups is 2. The summed E-state index contributed by atoms with van der Waals surface area (Å²) in [5, 5.41) is 9.95. The topological polar surface area (TPSA) is 86.1 Å². The molecule has 0 aliphatic carbocycles. The number of aromatic nitrogens is 3. The molecule has 0 saturated carbocycles. The largest absolute Gasteiger partial charge is 0.469 e. The van der Waals surface area contributed by atoms with E-state index in [1.54, 1.807) is 17.1 Å². The van der Waals surface area contributed by atoms with Crippen LogP contribution >= 0.6 is 0 Å². The van der Waals surface area contributed by atoms with Crippen molar-refractivity contribution in [2.45, 2.75) is 19.4 Å². The molecule has 0 bridgehead atoms. The fourth-order valence-corrected chi connectivity index (χ4v) is 1.06. The van der Waals surface area contributed by atoms with E-state index < -0.39 is 0 Å². The van der Waals surface area contributed by atoms with Crippen molar-refractivity contribution in [1.29, 1.82) is 0 Å². The van der Waals surface area contributed by atoms with Gasteiger partial charge in [-0.2, -0.15) is 0 Å². The average Bonchev–Trinajstić information content (AvgIpc) is 2.79. The maximum Gasteiger partial charge on any atom is 0.307 e. The third kappa shape index (κ3) is 4.54. The summed E-state index contributed by atoms with van der Waals surface area (Å²) in [6.07, 6.45) is 3.73. The van der Waals surface area contributed by atoms with Gasteiger partial charge < -0.3 is 10.1 Å². The van der Waals surface area contributed by atoms with Gasteiger partial charge in [0.1, 0.15) is 0 Å². The highest BCUT2D eigenvalue weighted by Crippen LogP contribution is 1.88. The van der Waals surface area contributed by atoms with Crippen LogP contribution in [-0.4, -0.2) is 40.5 Å². The van der Waals surface area contributed by atoms with Crippen LogP contribution in [0.15, 0.2) is 12.4 Å². The van der Waals surface area contributed by atoms with Gasteiger partial charge in [-0.25, -0.2) is 0 Å². The Morgan fingerprint density at radius 3 is 2.88 bits per heavy atom. The van der Waals surface area contributed by atoms with Gasteiger partial charge in [-0.1, -0.05) is 5.21 Å². The first-order chi connectivity index (χ1) is 7.72. The van der Waals surface area contributed by atoms with Crippen molar-refractivity contribution in [2.75, 3.05) is 13.7 Å². The van der Waals surface area contributed by atoms with E-state index in [9.17, 15) is 9.59 Å². The number of hydrogen-bond donors (Lipinski definition) is 1. The van der Waals surface area contributed by atoms with E-state index in [2.05, 4.69) is 20.4 Å². The number of methoxy groups -OCH3 is 1. The molecule has 0 fully saturated rings. The first kappa shape index (κ1) is 12.2. The molecule has 1 amide bonds. The Morgan fingerprint density at radius 1 is 1.44 bits per heavy atom. The number of esters is 1. The summed E-state index contributed by atoms with van der Waals surface area (Å²) in [6.45, 7) is 0.771. The normalized spacial score (nSPS) is 9.81. The number of rotatable bonds is 6. The Balaban J connectivity index is 2.09. The second kappa shape index (κ2) is 6.54. The summed E-state index contributed by atoms with van der Waals surface area (Å²) in [7, 11) is 1.31. The highest BCUT2D eigenvalue weighted by Gasteiger charge is 2.04. The zero-order valence-corrected chi connectivity index (χ0v) is 9.05. The quantitative estimate of drug-likeness (QED) is 0.651. The van der Waals surface area contributed by atoms with Gasteiger partial charge in [-0.15, -0.1) is 5.10 Å². The first-order valence-corrected chi connectivity index (χ1v) is 4.90. The van der Waals surface area contributed by atoms with E-state index >= 15 is 0 Å². The summed E-state index contributed by atoms with van der Waals surface area (Å²) < 4.78 is 6.01. The SMILES string of the molecule is COC(=O)CCNC(=O)CCn1ccnn1. The Bertz CT molecular complexity index is 337. The van der Waals surface area contributed by atoms with E-state index in [-0.39, 0.29) is 18.3 Å². The van der Waals surface area contributed by atoms with Crippen LogP contribution in [0, 0.1) is 0 Å². The number of carbonyl (C=O) groups excluding carboxylic acids is 2. The summed E-state index contributed by atoms with van der Waals surface area (Å²) in [5.74, 6) is -0.462. The summed E-state index contributed by atoms with van der Waals surface area (Å²) >= 11 is 0. The molecule has 88 valence electrons. The fourth-order valence-electron chi connectivity index (χ4n) is 1.06. The molecule has 1 rings (SSSR count). The van der Waals surface area contributed by atoms with Gasteiger partial charge in [0.15, 0.2) is 0 Å². The minimum atomic E-state index is -0.337. The number of hydrogen-bond acceptors (Lipinski definition) is 5. The highest BCUT2D eigenvalue weighted by molar-refractivity contribution is 5.76. The van der Waals surface area contributed by atoms with E-state index in [0.29, 0.717) is 19.5 Å². The van der Waals surface area contributed by atoms with Crippen LogP contribution in [0.5, 0.6) is 0 Å². The van der Waals surface area contributed by atoms with E-state index in [1.165, 1.54) is 7.11 Å². The second-order valence-electron chi connectivity index (χ2n) is 3.09. The monoisotopic (exact) mass is 226 g/mol. The summed E-state index contributed by atoms with van der Waals surface area (Å²) in [6, 6.07) is 0. The van der Waals surface area contributed by atoms with Crippen LogP contribution in [0.25, 0.3) is 0 Å². The number of amides is 1. The van der Waals surface area contributed by atoms with Crippen molar-refractivity contribution in [3.8, 4) is 0 Å². The molecule has 0 unspecified atom stereocenters. The maximum absolute atomic E-state index is 11.3. The smallest absolute Gasteiger partial charge is 0.307 e. The lowest BCUT2D eigenvalue weighted by molar-refractivity contribution is -0.140. The predicted octanol–water partition coefficient (Wildman–Crippen LogP) is -0.653. The lowest BCUT2D eigenvalue weighted by atomic mass is 10.3. The summed E-state index contributed by atoms with van der Waals surface area (Å²) in [4.78, 5) is 22.0. The Labute approximate surface area is 92.8 Å². The van der Waals surface area contributed by atoms with Crippen LogP contribution in [0.1, 0.15) is 12.8 Å². The van der Waals surface area contributed by atoms with Crippen molar-refractivity contribution < 1.29 is 14.3 Å². The minimum absolute atomic E-state index is 0.126. The van der Waals surface area contributed by atoms with Crippen molar-refractivity contribution in [3.05, 3.63) is 12.4 Å². The average molecular weight is 226 g/mol. The van der Waals surface area contributed by atoms with Crippen molar-refractivity contribution in [1.82, 2.24) is 20.3 Å². The van der Waals surface area contributed by atoms with Crippen LogP contribution < -0.4 is 5.32 Å². The van der Waals surface area contributed by atoms with Gasteiger partial charge in [0.2, 0.25) is 5.91 Å². The van der Waals surface area contributed by atoms with E-state index in [4.69, 9.17) is 0 Å². The van der Waals surface area contributed by atoms with E-state index in [0.717, 1.165) is 0 Å². The second-order valence-corrected chi connectivity index (χ2v) is 3.09. The van der Waals surface area contributed by atoms with Crippen molar-refractivity contribution in [3.63, 3.8) is 0 Å². The van der Waals surface area contributed by atoms with Gasteiger partial charge in [0.05, 0.1) is 26.3 Å². The Hall–Kier alpha value is -1.92. The maximum atomic E-state index is 11.3. The lowest BCUT2D eigenvalue weighted by Gasteiger charge is -2.04. The standard InChI is InChI=1S/C9H14N4O3/c1-16-9(15)2-4-10-8(14)3-6-13-7-5-11-12-13/h5,7H,2-4,6H2,1H3,(H,10,14). The number of nitrogens with zero attached hydrogens (tertiary/aromatic N) is 3. The van der Waals surface area contributed by atoms with E-state index in [1.807, 2.05) is 0 Å². The van der Waals surface area contributed by atoms with Gasteiger partial charge >= 0.3 is 5.97 Å². The third-order valence-electron chi connectivity index (χ3n) is 1.92. The molecule has 0 saturated heterocycles. The molecule has 1 heterocycles. The molecule has 0 aromatic carbocycles. The molecule has 0 aliphatic heterocycles. The lowest BCUT2D eigenvalue weighted by Crippen LogP contribution is -2.27. The molecule has 7 heteroatoms. The molecule has 16 heavy (non-hydrogen) atoms. The molecule has 0 atom stereocenters. The molecule has 0 spiro atoms. The zero-order valence-electron chi connectivity index (χ0n) is 9.05. The summed E-state index contributed by atoms with van der Waals surface area (Å²) in [5.41, 5.74) is 0. The Morgan fingerprint density at radius 2 is 2.25 bits per heavy atom. The molecule has 0 radical (unpaired) electrons. The van der Waals surface area contributed by atoms with Crippen LogP contribution in [0.3, 0.4) is 0 Å². The first-order valence-electron chi connectivity index (χ1n) is 4.90. The molecule has 1 N–H and O–H groups in total. The molecule has 1 aromatic heterocycles. The van der Waals surface area contributed by atoms with Gasteiger partial charge in [-0.3, -0.25) is 14.3 Å². The van der Waals surface area contributed by atoms with Gasteiger partial charge in [0.25, 0.3) is 0 Å². The number of aryl methyl sites for hydroxylation is 1. The fraction of sp³-hybridized carbons (Fsp3) is 0.556. The zero-order chi connectivity index (χ0) is 11.8. The van der Waals surface area contributed by atoms with Crippen LogP contribution in [0.2, 0.25) is 0 Å². The van der Waals surface area contributed by atoms with Crippen LogP contribution in [0.4, 0.5) is 0 Å². The third-order valence-corrected chi connectivity index (χ3v) is 1.92. The number of ether oxygens (including phenoxy) is 1. The molecule has 7 nitrogen and oxygen atoms in total. The predicted molar refractivity (Wildman–Crippen MR) is 54.3 cm³/mol.